The molecule has 1 aliphatic rings. The highest BCUT2D eigenvalue weighted by atomic mass is 15.3. The number of hydrogen-bond acceptors (Lipinski definition) is 3. The van der Waals surface area contributed by atoms with Gasteiger partial charge in [-0.3, -0.25) is 4.90 Å². The van der Waals surface area contributed by atoms with Gasteiger partial charge in [-0.25, -0.2) is 0 Å². The summed E-state index contributed by atoms with van der Waals surface area (Å²) in [6.45, 7) is 5.88. The van der Waals surface area contributed by atoms with Gasteiger partial charge in [0, 0.05) is 25.2 Å². The molecule has 1 heterocycles. The highest BCUT2D eigenvalue weighted by Gasteiger charge is 2.31. The predicted octanol–water partition coefficient (Wildman–Crippen LogP) is 0.572. The highest BCUT2D eigenvalue weighted by Crippen LogP contribution is 2.20. The Hall–Kier alpha value is -0.120. The van der Waals surface area contributed by atoms with Crippen LogP contribution in [0.25, 0.3) is 0 Å². The second-order valence-corrected chi connectivity index (χ2v) is 4.86. The summed E-state index contributed by atoms with van der Waals surface area (Å²) >= 11 is 0. The fraction of sp³-hybridized carbons (Fsp3) is 1.00. The largest absolute Gasteiger partial charge is 0.308 e. The summed E-state index contributed by atoms with van der Waals surface area (Å²) in [4.78, 5) is 7.26. The highest BCUT2D eigenvalue weighted by molar-refractivity contribution is 4.89. The lowest BCUT2D eigenvalue weighted by atomic mass is 10.1. The van der Waals surface area contributed by atoms with Crippen LogP contribution in [0.4, 0.5) is 0 Å². The molecule has 0 aromatic carbocycles. The molecule has 1 fully saturated rings. The molecule has 1 saturated heterocycles. The number of likely N-dealkylation sites (tertiary alicyclic amines) is 1. The Morgan fingerprint density at radius 3 is 2.29 bits per heavy atom. The Balaban J connectivity index is 2.49. The van der Waals surface area contributed by atoms with Crippen molar-refractivity contribution in [3.8, 4) is 0 Å². The van der Waals surface area contributed by atoms with Gasteiger partial charge in [-0.1, -0.05) is 6.92 Å². The zero-order valence-corrected chi connectivity index (χ0v) is 10.3. The molecule has 0 aromatic rings. The fourth-order valence-electron chi connectivity index (χ4n) is 2.33. The van der Waals surface area contributed by atoms with Crippen molar-refractivity contribution in [3.63, 3.8) is 0 Å². The molecular formula is C11H25N3. The average molecular weight is 199 g/mol. The fourth-order valence-corrected chi connectivity index (χ4v) is 2.33. The van der Waals surface area contributed by atoms with Gasteiger partial charge in [-0.15, -0.1) is 0 Å². The molecule has 2 unspecified atom stereocenters. The molecule has 1 aliphatic heterocycles. The summed E-state index contributed by atoms with van der Waals surface area (Å²) in [5.74, 6) is 0. The molecule has 3 nitrogen and oxygen atoms in total. The Bertz CT molecular complexity index is 168. The van der Waals surface area contributed by atoms with Gasteiger partial charge in [0.05, 0.1) is 0 Å². The summed E-state index contributed by atoms with van der Waals surface area (Å²) in [6.07, 6.45) is 1.32. The van der Waals surface area contributed by atoms with E-state index in [9.17, 15) is 0 Å². The van der Waals surface area contributed by atoms with Crippen LogP contribution in [0, 0.1) is 0 Å². The summed E-state index contributed by atoms with van der Waals surface area (Å²) in [7, 11) is 8.71. The molecule has 0 spiro atoms. The van der Waals surface area contributed by atoms with Crippen LogP contribution in [-0.4, -0.2) is 74.6 Å². The van der Waals surface area contributed by atoms with Gasteiger partial charge in [0.2, 0.25) is 0 Å². The van der Waals surface area contributed by atoms with Gasteiger partial charge in [-0.2, -0.15) is 0 Å². The summed E-state index contributed by atoms with van der Waals surface area (Å²) in [5.41, 5.74) is 0. The molecule has 0 aromatic heterocycles. The van der Waals surface area contributed by atoms with Crippen molar-refractivity contribution in [3.05, 3.63) is 0 Å². The lowest BCUT2D eigenvalue weighted by Crippen LogP contribution is -2.37. The standard InChI is InChI=1S/C11H25N3/c1-6-14-9-10(13(4)5)7-11(14)8-12(2)3/h10-11H,6-9H2,1-5H3. The number of hydrogen-bond donors (Lipinski definition) is 0. The first-order valence-corrected chi connectivity index (χ1v) is 5.59. The van der Waals surface area contributed by atoms with E-state index in [1.54, 1.807) is 0 Å². The first-order valence-electron chi connectivity index (χ1n) is 5.59. The summed E-state index contributed by atoms with van der Waals surface area (Å²) in [6, 6.07) is 1.50. The van der Waals surface area contributed by atoms with E-state index in [1.807, 2.05) is 0 Å². The zero-order chi connectivity index (χ0) is 10.7. The third kappa shape index (κ3) is 2.94. The van der Waals surface area contributed by atoms with Crippen molar-refractivity contribution in [1.29, 1.82) is 0 Å². The molecule has 0 amide bonds. The van der Waals surface area contributed by atoms with Crippen LogP contribution >= 0.6 is 0 Å². The summed E-state index contributed by atoms with van der Waals surface area (Å²) < 4.78 is 0. The van der Waals surface area contributed by atoms with E-state index >= 15 is 0 Å². The molecule has 84 valence electrons. The maximum Gasteiger partial charge on any atom is 0.0238 e. The molecule has 0 bridgehead atoms. The van der Waals surface area contributed by atoms with Gasteiger partial charge >= 0.3 is 0 Å². The van der Waals surface area contributed by atoms with Crippen LogP contribution in [0.1, 0.15) is 13.3 Å². The lowest BCUT2D eigenvalue weighted by Gasteiger charge is -2.25. The molecular weight excluding hydrogens is 174 g/mol. The lowest BCUT2D eigenvalue weighted by molar-refractivity contribution is 0.213. The second-order valence-electron chi connectivity index (χ2n) is 4.86. The predicted molar refractivity (Wildman–Crippen MR) is 61.7 cm³/mol. The Labute approximate surface area is 88.7 Å². The molecule has 0 N–H and O–H groups in total. The topological polar surface area (TPSA) is 9.72 Å². The van der Waals surface area contributed by atoms with Gasteiger partial charge in [0.25, 0.3) is 0 Å². The zero-order valence-electron chi connectivity index (χ0n) is 10.3. The minimum Gasteiger partial charge on any atom is -0.308 e. The van der Waals surface area contributed by atoms with Crippen LogP contribution in [0.15, 0.2) is 0 Å². The van der Waals surface area contributed by atoms with Gasteiger partial charge in [0.1, 0.15) is 0 Å². The Morgan fingerprint density at radius 1 is 1.21 bits per heavy atom. The van der Waals surface area contributed by atoms with E-state index in [4.69, 9.17) is 0 Å². The van der Waals surface area contributed by atoms with E-state index in [2.05, 4.69) is 49.8 Å². The minimum absolute atomic E-state index is 0.750. The van der Waals surface area contributed by atoms with E-state index < -0.39 is 0 Å². The van der Waals surface area contributed by atoms with Crippen molar-refractivity contribution in [2.75, 3.05) is 47.8 Å². The van der Waals surface area contributed by atoms with Crippen LogP contribution in [0.3, 0.4) is 0 Å². The van der Waals surface area contributed by atoms with Gasteiger partial charge in [-0.05, 0) is 41.2 Å². The Kier molecular flexibility index (Phi) is 4.35. The third-order valence-electron chi connectivity index (χ3n) is 3.22. The van der Waals surface area contributed by atoms with Crippen molar-refractivity contribution in [2.24, 2.45) is 0 Å². The SMILES string of the molecule is CCN1CC(N(C)C)CC1CN(C)C. The molecule has 0 radical (unpaired) electrons. The maximum absolute atomic E-state index is 2.60. The number of rotatable bonds is 4. The molecule has 2 atom stereocenters. The first-order chi connectivity index (χ1) is 6.54. The quantitative estimate of drug-likeness (QED) is 0.655. The average Bonchev–Trinajstić information content (AvgIpc) is 2.46. The van der Waals surface area contributed by atoms with Gasteiger partial charge < -0.3 is 9.80 Å². The van der Waals surface area contributed by atoms with Crippen LogP contribution in [0.5, 0.6) is 0 Å². The van der Waals surface area contributed by atoms with Crippen LogP contribution in [0.2, 0.25) is 0 Å². The summed E-state index contributed by atoms with van der Waals surface area (Å²) in [5, 5.41) is 0. The Morgan fingerprint density at radius 2 is 1.86 bits per heavy atom. The molecule has 14 heavy (non-hydrogen) atoms. The van der Waals surface area contributed by atoms with Crippen molar-refractivity contribution < 1.29 is 0 Å². The van der Waals surface area contributed by atoms with Crippen LogP contribution in [-0.2, 0) is 0 Å². The molecule has 0 saturated carbocycles. The van der Waals surface area contributed by atoms with Crippen LogP contribution < -0.4 is 0 Å². The number of nitrogens with zero attached hydrogens (tertiary/aromatic N) is 3. The van der Waals surface area contributed by atoms with Gasteiger partial charge in [0.15, 0.2) is 0 Å². The van der Waals surface area contributed by atoms with Crippen molar-refractivity contribution >= 4 is 0 Å². The van der Waals surface area contributed by atoms with E-state index in [-0.39, 0.29) is 0 Å². The normalized spacial score (nSPS) is 29.4. The van der Waals surface area contributed by atoms with Crippen molar-refractivity contribution in [1.82, 2.24) is 14.7 Å². The second kappa shape index (κ2) is 5.10. The molecule has 3 heteroatoms. The monoisotopic (exact) mass is 199 g/mol. The third-order valence-corrected chi connectivity index (χ3v) is 3.22. The van der Waals surface area contributed by atoms with E-state index in [0.29, 0.717) is 0 Å². The van der Waals surface area contributed by atoms with Crippen molar-refractivity contribution in [2.45, 2.75) is 25.4 Å². The molecule has 1 rings (SSSR count). The molecule has 0 aliphatic carbocycles. The van der Waals surface area contributed by atoms with E-state index in [0.717, 1.165) is 12.1 Å². The minimum atomic E-state index is 0.750. The first kappa shape index (κ1) is 12.0. The smallest absolute Gasteiger partial charge is 0.0238 e. The number of likely N-dealkylation sites (N-methyl/N-ethyl adjacent to an activating group) is 3. The maximum atomic E-state index is 2.60. The van der Waals surface area contributed by atoms with E-state index in [1.165, 1.54) is 26.1 Å².